The van der Waals surface area contributed by atoms with Gasteiger partial charge in [0.25, 0.3) is 0 Å². The molecule has 0 aliphatic carbocycles. The highest BCUT2D eigenvalue weighted by Gasteiger charge is 2.43. The minimum atomic E-state index is -0.828. The van der Waals surface area contributed by atoms with E-state index in [0.717, 1.165) is 13.1 Å². The van der Waals surface area contributed by atoms with Gasteiger partial charge in [-0.1, -0.05) is 90.5 Å². The predicted octanol–water partition coefficient (Wildman–Crippen LogP) is 6.22. The second-order valence-corrected chi connectivity index (χ2v) is 10.5. The number of hydrogen-bond acceptors (Lipinski definition) is 7. The molecular weight excluding hydrogens is 552 g/mol. The SMILES string of the molecule is CCOC(=O)C1=C(COCCN(Cc2ccccc2)Cc2ccccc2)N=C(C)C(C(=O)OC)C1c1ccccc1Cl. The Labute approximate surface area is 252 Å². The highest BCUT2D eigenvalue weighted by atomic mass is 35.5. The molecule has 2 unspecified atom stereocenters. The lowest BCUT2D eigenvalue weighted by Crippen LogP contribution is -2.37. The molecule has 0 radical (unpaired) electrons. The van der Waals surface area contributed by atoms with E-state index in [1.807, 2.05) is 48.5 Å². The van der Waals surface area contributed by atoms with Crippen molar-refractivity contribution in [2.75, 3.05) is 33.5 Å². The Morgan fingerprint density at radius 1 is 0.905 bits per heavy atom. The van der Waals surface area contributed by atoms with Gasteiger partial charge in [-0.05, 0) is 36.6 Å². The molecule has 7 nitrogen and oxygen atoms in total. The molecule has 8 heteroatoms. The van der Waals surface area contributed by atoms with Crippen molar-refractivity contribution < 1.29 is 23.8 Å². The average molecular weight is 589 g/mol. The van der Waals surface area contributed by atoms with Gasteiger partial charge in [-0.25, -0.2) is 4.79 Å². The minimum absolute atomic E-state index is 0.0743. The zero-order valence-corrected chi connectivity index (χ0v) is 25.0. The van der Waals surface area contributed by atoms with Crippen LogP contribution >= 0.6 is 11.6 Å². The molecule has 0 aromatic heterocycles. The van der Waals surface area contributed by atoms with E-state index in [4.69, 9.17) is 25.8 Å². The summed E-state index contributed by atoms with van der Waals surface area (Å²) in [5.41, 5.74) is 4.26. The van der Waals surface area contributed by atoms with Gasteiger partial charge in [0, 0.05) is 36.3 Å². The smallest absolute Gasteiger partial charge is 0.336 e. The molecule has 0 saturated carbocycles. The standard InChI is InChI=1S/C34H37ClN2O5/c1-4-42-34(39)32-29(36-24(2)30(33(38)40-3)31(32)27-17-11-12-18-28(27)35)23-41-20-19-37(21-25-13-7-5-8-14-25)22-26-15-9-6-10-16-26/h5-18,30-31H,4,19-23H2,1-3H3. The third-order valence-corrected chi connectivity index (χ3v) is 7.54. The van der Waals surface area contributed by atoms with Gasteiger partial charge < -0.3 is 14.2 Å². The van der Waals surface area contributed by atoms with Gasteiger partial charge in [0.1, 0.15) is 5.92 Å². The predicted molar refractivity (Wildman–Crippen MR) is 164 cm³/mol. The molecule has 1 aliphatic rings. The minimum Gasteiger partial charge on any atom is -0.468 e. The Bertz CT molecular complexity index is 1370. The van der Waals surface area contributed by atoms with Gasteiger partial charge in [-0.3, -0.25) is 14.7 Å². The summed E-state index contributed by atoms with van der Waals surface area (Å²) in [6.07, 6.45) is 0. The molecule has 3 aromatic rings. The van der Waals surface area contributed by atoms with Crippen molar-refractivity contribution in [2.45, 2.75) is 32.9 Å². The summed E-state index contributed by atoms with van der Waals surface area (Å²) in [5, 5.41) is 0.436. The molecule has 0 bridgehead atoms. The first-order chi connectivity index (χ1) is 20.4. The molecule has 4 rings (SSSR count). The third kappa shape index (κ3) is 7.94. The highest BCUT2D eigenvalue weighted by Crippen LogP contribution is 2.42. The van der Waals surface area contributed by atoms with E-state index in [9.17, 15) is 9.59 Å². The highest BCUT2D eigenvalue weighted by molar-refractivity contribution is 6.31. The molecule has 0 N–H and O–H groups in total. The van der Waals surface area contributed by atoms with E-state index in [2.05, 4.69) is 34.2 Å². The summed E-state index contributed by atoms with van der Waals surface area (Å²) >= 11 is 6.60. The number of carbonyl (C=O) groups excluding carboxylic acids is 2. The second-order valence-electron chi connectivity index (χ2n) is 10.1. The molecular formula is C34H37ClN2O5. The van der Waals surface area contributed by atoms with Crippen LogP contribution in [0.15, 0.2) is 101 Å². The maximum absolute atomic E-state index is 13.4. The number of esters is 2. The fourth-order valence-electron chi connectivity index (χ4n) is 5.25. The largest absolute Gasteiger partial charge is 0.468 e. The molecule has 1 heterocycles. The van der Waals surface area contributed by atoms with E-state index in [-0.39, 0.29) is 18.8 Å². The number of carbonyl (C=O) groups is 2. The molecule has 42 heavy (non-hydrogen) atoms. The van der Waals surface area contributed by atoms with Crippen molar-refractivity contribution in [1.29, 1.82) is 0 Å². The number of halogens is 1. The first kappa shape index (κ1) is 31.2. The molecule has 3 aromatic carbocycles. The summed E-state index contributed by atoms with van der Waals surface area (Å²) in [5.74, 6) is -2.61. The van der Waals surface area contributed by atoms with Gasteiger partial charge in [0.05, 0.1) is 38.2 Å². The normalized spacial score (nSPS) is 16.7. The fourth-order valence-corrected chi connectivity index (χ4v) is 5.50. The van der Waals surface area contributed by atoms with Crippen molar-refractivity contribution in [3.05, 3.63) is 118 Å². The van der Waals surface area contributed by atoms with Gasteiger partial charge in [0.15, 0.2) is 0 Å². The van der Waals surface area contributed by atoms with Crippen molar-refractivity contribution in [2.24, 2.45) is 10.9 Å². The van der Waals surface area contributed by atoms with Crippen LogP contribution in [0.1, 0.15) is 36.5 Å². The van der Waals surface area contributed by atoms with E-state index in [1.54, 1.807) is 26.0 Å². The van der Waals surface area contributed by atoms with E-state index < -0.39 is 23.8 Å². The van der Waals surface area contributed by atoms with Crippen molar-refractivity contribution >= 4 is 29.3 Å². The summed E-state index contributed by atoms with van der Waals surface area (Å²) in [6, 6.07) is 27.8. The van der Waals surface area contributed by atoms with Crippen LogP contribution in [0.3, 0.4) is 0 Å². The summed E-state index contributed by atoms with van der Waals surface area (Å²) in [4.78, 5) is 33.4. The lowest BCUT2D eigenvalue weighted by Gasteiger charge is -2.32. The third-order valence-electron chi connectivity index (χ3n) is 7.20. The van der Waals surface area contributed by atoms with Crippen LogP contribution in [0.4, 0.5) is 0 Å². The number of hydrogen-bond donors (Lipinski definition) is 0. The number of methoxy groups -OCH3 is 1. The van der Waals surface area contributed by atoms with Crippen LogP contribution in [-0.2, 0) is 36.9 Å². The van der Waals surface area contributed by atoms with Crippen LogP contribution in [-0.4, -0.2) is 56.0 Å². The van der Waals surface area contributed by atoms with Crippen molar-refractivity contribution in [3.8, 4) is 0 Å². The molecule has 2 atom stereocenters. The molecule has 1 aliphatic heterocycles. The zero-order valence-electron chi connectivity index (χ0n) is 24.3. The molecule has 0 fully saturated rings. The van der Waals surface area contributed by atoms with Gasteiger partial charge in [-0.15, -0.1) is 0 Å². The second kappa shape index (κ2) is 15.4. The first-order valence-electron chi connectivity index (χ1n) is 14.1. The lowest BCUT2D eigenvalue weighted by atomic mass is 9.75. The number of aliphatic imine (C=N–C) groups is 1. The molecule has 220 valence electrons. The van der Waals surface area contributed by atoms with Crippen LogP contribution in [0.2, 0.25) is 5.02 Å². The van der Waals surface area contributed by atoms with Crippen LogP contribution in [0, 0.1) is 5.92 Å². The Balaban J connectivity index is 1.58. The number of ether oxygens (including phenoxy) is 3. The Kier molecular flexibility index (Phi) is 11.5. The number of rotatable bonds is 13. The van der Waals surface area contributed by atoms with Gasteiger partial charge in [0.2, 0.25) is 0 Å². The van der Waals surface area contributed by atoms with E-state index >= 15 is 0 Å². The van der Waals surface area contributed by atoms with Gasteiger partial charge in [-0.2, -0.15) is 0 Å². The van der Waals surface area contributed by atoms with Crippen LogP contribution < -0.4 is 0 Å². The summed E-state index contributed by atoms with van der Waals surface area (Å²) in [6.45, 7) is 6.34. The average Bonchev–Trinajstić information content (AvgIpc) is 3.00. The fraction of sp³-hybridized carbons (Fsp3) is 0.324. The topological polar surface area (TPSA) is 77.4 Å². The molecule has 0 saturated heterocycles. The van der Waals surface area contributed by atoms with Crippen LogP contribution in [0.25, 0.3) is 0 Å². The van der Waals surface area contributed by atoms with Crippen molar-refractivity contribution in [1.82, 2.24) is 4.90 Å². The Morgan fingerprint density at radius 3 is 2.07 bits per heavy atom. The Morgan fingerprint density at radius 2 is 1.50 bits per heavy atom. The van der Waals surface area contributed by atoms with E-state index in [0.29, 0.717) is 35.1 Å². The van der Waals surface area contributed by atoms with Gasteiger partial charge >= 0.3 is 11.9 Å². The maximum atomic E-state index is 13.4. The number of benzene rings is 3. The molecule has 0 spiro atoms. The number of nitrogens with zero attached hydrogens (tertiary/aromatic N) is 2. The monoisotopic (exact) mass is 588 g/mol. The van der Waals surface area contributed by atoms with Crippen LogP contribution in [0.5, 0.6) is 0 Å². The first-order valence-corrected chi connectivity index (χ1v) is 14.5. The van der Waals surface area contributed by atoms with Crippen molar-refractivity contribution in [3.63, 3.8) is 0 Å². The quantitative estimate of drug-likeness (QED) is 0.174. The molecule has 0 amide bonds. The summed E-state index contributed by atoms with van der Waals surface area (Å²) < 4.78 is 16.7. The zero-order chi connectivity index (χ0) is 29.9. The Hall–Kier alpha value is -3.78. The van der Waals surface area contributed by atoms with E-state index in [1.165, 1.54) is 18.2 Å². The summed E-state index contributed by atoms with van der Waals surface area (Å²) in [7, 11) is 1.32. The lowest BCUT2D eigenvalue weighted by molar-refractivity contribution is -0.144. The maximum Gasteiger partial charge on any atom is 0.336 e.